The summed E-state index contributed by atoms with van der Waals surface area (Å²) in [6.45, 7) is 8.81. The van der Waals surface area contributed by atoms with Crippen molar-refractivity contribution in [2.45, 2.75) is 52.0 Å². The fourth-order valence-electron chi connectivity index (χ4n) is 3.55. The molecule has 1 fully saturated rings. The van der Waals surface area contributed by atoms with Gasteiger partial charge in [-0.1, -0.05) is 6.92 Å². The molecule has 4 heteroatoms. The van der Waals surface area contributed by atoms with Gasteiger partial charge in [0.2, 0.25) is 0 Å². The van der Waals surface area contributed by atoms with Crippen LogP contribution in [0.3, 0.4) is 0 Å². The lowest BCUT2D eigenvalue weighted by Gasteiger charge is -2.34. The maximum Gasteiger partial charge on any atom is 0.145 e. The number of fused-ring (bicyclic) bond motifs is 1. The standard InChI is InChI=1S/C16H26N4/c1-3-15(20-10-8-17-9-11-20)16-18-12(2)13-6-4-5-7-14(13)19-16/h15,17H,3-11H2,1-2H3. The zero-order chi connectivity index (χ0) is 13.9. The van der Waals surface area contributed by atoms with E-state index in [0.717, 1.165) is 44.8 Å². The summed E-state index contributed by atoms with van der Waals surface area (Å²) in [4.78, 5) is 12.3. The lowest BCUT2D eigenvalue weighted by atomic mass is 9.94. The second-order valence-electron chi connectivity index (χ2n) is 6.01. The predicted octanol–water partition coefficient (Wildman–Crippen LogP) is 2.02. The SMILES string of the molecule is CCC(c1nc(C)c2c(n1)CCCC2)N1CCNCC1. The first-order valence-electron chi connectivity index (χ1n) is 8.10. The third-order valence-corrected chi connectivity index (χ3v) is 4.68. The van der Waals surface area contributed by atoms with Gasteiger partial charge in [0.25, 0.3) is 0 Å². The quantitative estimate of drug-likeness (QED) is 0.915. The molecular formula is C16H26N4. The topological polar surface area (TPSA) is 41.1 Å². The van der Waals surface area contributed by atoms with Gasteiger partial charge in [0.05, 0.1) is 6.04 Å². The summed E-state index contributed by atoms with van der Waals surface area (Å²) < 4.78 is 0. The molecule has 0 radical (unpaired) electrons. The van der Waals surface area contributed by atoms with Crippen LogP contribution < -0.4 is 5.32 Å². The van der Waals surface area contributed by atoms with Crippen LogP contribution in [0, 0.1) is 6.92 Å². The summed E-state index contributed by atoms with van der Waals surface area (Å²) in [5, 5.41) is 3.42. The highest BCUT2D eigenvalue weighted by atomic mass is 15.2. The maximum absolute atomic E-state index is 4.95. The zero-order valence-corrected chi connectivity index (χ0v) is 12.8. The maximum atomic E-state index is 4.95. The summed E-state index contributed by atoms with van der Waals surface area (Å²) >= 11 is 0. The molecule has 2 heterocycles. The summed E-state index contributed by atoms with van der Waals surface area (Å²) in [5.41, 5.74) is 3.97. The van der Waals surface area contributed by atoms with Gasteiger partial charge in [0.15, 0.2) is 0 Å². The van der Waals surface area contributed by atoms with Gasteiger partial charge >= 0.3 is 0 Å². The highest BCUT2D eigenvalue weighted by Crippen LogP contribution is 2.27. The molecule has 1 aliphatic heterocycles. The van der Waals surface area contributed by atoms with Gasteiger partial charge in [0, 0.05) is 37.6 Å². The minimum absolute atomic E-state index is 0.392. The molecule has 1 N–H and O–H groups in total. The van der Waals surface area contributed by atoms with E-state index in [1.165, 1.54) is 36.2 Å². The van der Waals surface area contributed by atoms with Crippen molar-refractivity contribution in [3.05, 3.63) is 22.8 Å². The largest absolute Gasteiger partial charge is 0.314 e. The van der Waals surface area contributed by atoms with Crippen LogP contribution in [0.25, 0.3) is 0 Å². The van der Waals surface area contributed by atoms with Gasteiger partial charge in [0.1, 0.15) is 5.82 Å². The molecule has 3 rings (SSSR count). The van der Waals surface area contributed by atoms with Crippen molar-refractivity contribution in [2.24, 2.45) is 0 Å². The first-order chi connectivity index (χ1) is 9.79. The number of piperazine rings is 1. The fourth-order valence-corrected chi connectivity index (χ4v) is 3.55. The number of aromatic nitrogens is 2. The lowest BCUT2D eigenvalue weighted by molar-refractivity contribution is 0.162. The smallest absolute Gasteiger partial charge is 0.145 e. The molecule has 1 unspecified atom stereocenters. The number of aryl methyl sites for hydroxylation is 2. The Balaban J connectivity index is 1.89. The highest BCUT2D eigenvalue weighted by Gasteiger charge is 2.25. The van der Waals surface area contributed by atoms with E-state index in [-0.39, 0.29) is 0 Å². The Labute approximate surface area is 122 Å². The molecule has 0 saturated carbocycles. The molecular weight excluding hydrogens is 248 g/mol. The molecule has 20 heavy (non-hydrogen) atoms. The number of rotatable bonds is 3. The van der Waals surface area contributed by atoms with Crippen LogP contribution in [-0.2, 0) is 12.8 Å². The Morgan fingerprint density at radius 2 is 1.90 bits per heavy atom. The summed E-state index contributed by atoms with van der Waals surface area (Å²) in [6, 6.07) is 0.392. The van der Waals surface area contributed by atoms with Crippen LogP contribution >= 0.6 is 0 Å². The molecule has 2 aliphatic rings. The van der Waals surface area contributed by atoms with E-state index >= 15 is 0 Å². The van der Waals surface area contributed by atoms with Crippen molar-refractivity contribution < 1.29 is 0 Å². The molecule has 1 aromatic rings. The van der Waals surface area contributed by atoms with Crippen molar-refractivity contribution in [1.29, 1.82) is 0 Å². The van der Waals surface area contributed by atoms with Crippen molar-refractivity contribution in [2.75, 3.05) is 26.2 Å². The van der Waals surface area contributed by atoms with E-state index in [4.69, 9.17) is 9.97 Å². The molecule has 1 aliphatic carbocycles. The normalized spacial score (nSPS) is 21.5. The zero-order valence-electron chi connectivity index (χ0n) is 12.8. The third-order valence-electron chi connectivity index (χ3n) is 4.68. The fraction of sp³-hybridized carbons (Fsp3) is 0.750. The van der Waals surface area contributed by atoms with Gasteiger partial charge in [-0.3, -0.25) is 4.90 Å². The van der Waals surface area contributed by atoms with E-state index in [9.17, 15) is 0 Å². The molecule has 0 amide bonds. The van der Waals surface area contributed by atoms with Crippen molar-refractivity contribution >= 4 is 0 Å². The second-order valence-corrected chi connectivity index (χ2v) is 6.01. The predicted molar refractivity (Wildman–Crippen MR) is 80.9 cm³/mol. The third kappa shape index (κ3) is 2.72. The first kappa shape index (κ1) is 14.0. The molecule has 4 nitrogen and oxygen atoms in total. The van der Waals surface area contributed by atoms with Crippen LogP contribution in [0.1, 0.15) is 55.0 Å². The number of nitrogens with zero attached hydrogens (tertiary/aromatic N) is 3. The average Bonchev–Trinajstić information content (AvgIpc) is 2.49. The molecule has 1 atom stereocenters. The number of hydrogen-bond donors (Lipinski definition) is 1. The summed E-state index contributed by atoms with van der Waals surface area (Å²) in [7, 11) is 0. The van der Waals surface area contributed by atoms with Gasteiger partial charge in [-0.05, 0) is 44.6 Å². The number of nitrogens with one attached hydrogen (secondary N) is 1. The Morgan fingerprint density at radius 3 is 2.65 bits per heavy atom. The summed E-state index contributed by atoms with van der Waals surface area (Å²) in [6.07, 6.45) is 5.99. The minimum atomic E-state index is 0.392. The van der Waals surface area contributed by atoms with Crippen LogP contribution in [0.5, 0.6) is 0 Å². The molecule has 0 aromatic carbocycles. The van der Waals surface area contributed by atoms with Gasteiger partial charge < -0.3 is 5.32 Å². The molecule has 1 aromatic heterocycles. The Bertz CT molecular complexity index is 466. The van der Waals surface area contributed by atoms with E-state index in [1.54, 1.807) is 0 Å². The van der Waals surface area contributed by atoms with Crippen LogP contribution in [0.4, 0.5) is 0 Å². The molecule has 0 spiro atoms. The molecule has 0 bridgehead atoms. The second kappa shape index (κ2) is 6.19. The Kier molecular flexibility index (Phi) is 4.32. The van der Waals surface area contributed by atoms with Crippen molar-refractivity contribution in [3.63, 3.8) is 0 Å². The van der Waals surface area contributed by atoms with E-state index < -0.39 is 0 Å². The number of hydrogen-bond acceptors (Lipinski definition) is 4. The van der Waals surface area contributed by atoms with Crippen molar-refractivity contribution in [1.82, 2.24) is 20.2 Å². The van der Waals surface area contributed by atoms with Crippen molar-refractivity contribution in [3.8, 4) is 0 Å². The molecule has 110 valence electrons. The first-order valence-corrected chi connectivity index (χ1v) is 8.10. The monoisotopic (exact) mass is 274 g/mol. The summed E-state index contributed by atoms with van der Waals surface area (Å²) in [5.74, 6) is 1.06. The van der Waals surface area contributed by atoms with Crippen LogP contribution in [0.15, 0.2) is 0 Å². The van der Waals surface area contributed by atoms with Gasteiger partial charge in [-0.25, -0.2) is 9.97 Å². The van der Waals surface area contributed by atoms with Gasteiger partial charge in [-0.15, -0.1) is 0 Å². The Hall–Kier alpha value is -1.00. The van der Waals surface area contributed by atoms with E-state index in [2.05, 4.69) is 24.1 Å². The van der Waals surface area contributed by atoms with Crippen LogP contribution in [0.2, 0.25) is 0 Å². The lowest BCUT2D eigenvalue weighted by Crippen LogP contribution is -2.45. The minimum Gasteiger partial charge on any atom is -0.314 e. The Morgan fingerprint density at radius 1 is 1.15 bits per heavy atom. The molecule has 1 saturated heterocycles. The average molecular weight is 274 g/mol. The van der Waals surface area contributed by atoms with Crippen LogP contribution in [-0.4, -0.2) is 41.0 Å². The van der Waals surface area contributed by atoms with E-state index in [0.29, 0.717) is 6.04 Å². The highest BCUT2D eigenvalue weighted by molar-refractivity contribution is 5.28. The van der Waals surface area contributed by atoms with E-state index in [1.807, 2.05) is 0 Å². The van der Waals surface area contributed by atoms with Gasteiger partial charge in [-0.2, -0.15) is 0 Å².